The van der Waals surface area contributed by atoms with Gasteiger partial charge in [0.2, 0.25) is 5.78 Å². The molecule has 0 saturated heterocycles. The molecule has 2 N–H and O–H groups in total. The number of Topliss-reactive ketones (excluding diaryl/α,β-unsaturated/α-hetero) is 2. The van der Waals surface area contributed by atoms with E-state index in [1.165, 1.54) is 18.5 Å². The first-order valence-corrected chi connectivity index (χ1v) is 12.9. The van der Waals surface area contributed by atoms with Gasteiger partial charge in [-0.1, -0.05) is 31.4 Å². The lowest BCUT2D eigenvalue weighted by molar-refractivity contribution is -0.114. The number of hydrogen-bond donors (Lipinski definition) is 2. The molecule has 0 aliphatic rings. The third kappa shape index (κ3) is 6.61. The summed E-state index contributed by atoms with van der Waals surface area (Å²) in [5, 5.41) is 6.52. The van der Waals surface area contributed by atoms with E-state index in [-0.39, 0.29) is 28.8 Å². The molecule has 2 heterocycles. The fourth-order valence-electron chi connectivity index (χ4n) is 3.82. The summed E-state index contributed by atoms with van der Waals surface area (Å²) in [6.45, 7) is 2.10. The van der Waals surface area contributed by atoms with Crippen LogP contribution < -0.4 is 0 Å². The van der Waals surface area contributed by atoms with Gasteiger partial charge in [0.15, 0.2) is 15.7 Å². The Hall–Kier alpha value is -2.78. The van der Waals surface area contributed by atoms with Crippen molar-refractivity contribution in [2.45, 2.75) is 56.3 Å². The number of unbranched alkanes of at least 4 members (excludes halogenated alkanes) is 1. The maximum absolute atomic E-state index is 12.7. The van der Waals surface area contributed by atoms with Crippen LogP contribution in [-0.4, -0.2) is 45.9 Å². The monoisotopic (exact) mass is 490 g/mol. The second-order valence-corrected chi connectivity index (χ2v) is 10.5. The Morgan fingerprint density at radius 2 is 1.82 bits per heavy atom. The van der Waals surface area contributed by atoms with Crippen molar-refractivity contribution in [2.75, 3.05) is 5.75 Å². The van der Waals surface area contributed by atoms with Crippen LogP contribution in [0.15, 0.2) is 47.8 Å². The fourth-order valence-corrected chi connectivity index (χ4v) is 5.28. The zero-order valence-corrected chi connectivity index (χ0v) is 20.0. The zero-order valence-electron chi connectivity index (χ0n) is 18.4. The van der Waals surface area contributed by atoms with Crippen molar-refractivity contribution in [3.63, 3.8) is 0 Å². The molecule has 2 aromatic heterocycles. The molecule has 0 spiro atoms. The van der Waals surface area contributed by atoms with Crippen LogP contribution in [0.1, 0.15) is 66.8 Å². The van der Waals surface area contributed by atoms with E-state index in [2.05, 4.69) is 27.1 Å². The Bertz CT molecular complexity index is 1170. The maximum Gasteiger partial charge on any atom is 0.265 e. The van der Waals surface area contributed by atoms with E-state index in [1.807, 2.05) is 6.07 Å². The van der Waals surface area contributed by atoms with Crippen LogP contribution in [0.3, 0.4) is 0 Å². The van der Waals surface area contributed by atoms with E-state index in [4.69, 9.17) is 11.6 Å². The maximum atomic E-state index is 12.7. The Morgan fingerprint density at radius 1 is 1.09 bits per heavy atom. The molecule has 1 aromatic carbocycles. The van der Waals surface area contributed by atoms with Crippen LogP contribution in [0, 0.1) is 0 Å². The molecule has 33 heavy (non-hydrogen) atoms. The molecule has 0 radical (unpaired) electrons. The zero-order chi connectivity index (χ0) is 23.8. The van der Waals surface area contributed by atoms with E-state index in [1.54, 1.807) is 18.3 Å². The standard InChI is InChI=1S/C23H27ClN4O4S/c1-2-3-5-16(6-4-13-33(31,32)18-9-7-17(24)8-10-18)19-11-12-25-20(19)14-21(29)22(30)23-26-15-27-28-23/h7-12,15-16,25H,2-6,13-14H2,1H3,(H,26,27,28). The lowest BCUT2D eigenvalue weighted by atomic mass is 9.88. The summed E-state index contributed by atoms with van der Waals surface area (Å²) in [4.78, 5) is 31.8. The van der Waals surface area contributed by atoms with Crippen molar-refractivity contribution in [2.24, 2.45) is 0 Å². The predicted octanol–water partition coefficient (Wildman–Crippen LogP) is 4.31. The Kier molecular flexibility index (Phi) is 8.57. The summed E-state index contributed by atoms with van der Waals surface area (Å²) in [7, 11) is -3.41. The topological polar surface area (TPSA) is 126 Å². The largest absolute Gasteiger partial charge is 0.364 e. The second kappa shape index (κ2) is 11.4. The number of sulfone groups is 1. The summed E-state index contributed by atoms with van der Waals surface area (Å²) in [6, 6.07) is 8.10. The van der Waals surface area contributed by atoms with Gasteiger partial charge in [0, 0.05) is 16.9 Å². The molecule has 10 heteroatoms. The number of carbonyl (C=O) groups is 2. The molecule has 8 nitrogen and oxygen atoms in total. The molecule has 0 aliphatic heterocycles. The minimum absolute atomic E-state index is 0.0277. The molecule has 1 unspecified atom stereocenters. The number of benzene rings is 1. The average molecular weight is 491 g/mol. The lowest BCUT2D eigenvalue weighted by Crippen LogP contribution is -2.19. The van der Waals surface area contributed by atoms with Crippen molar-refractivity contribution in [1.29, 1.82) is 0 Å². The highest BCUT2D eigenvalue weighted by atomic mass is 35.5. The smallest absolute Gasteiger partial charge is 0.265 e. The minimum Gasteiger partial charge on any atom is -0.364 e. The molecule has 0 bridgehead atoms. The third-order valence-electron chi connectivity index (χ3n) is 5.57. The van der Waals surface area contributed by atoms with Crippen molar-refractivity contribution in [3.05, 3.63) is 65.0 Å². The molecule has 0 amide bonds. The number of hydrogen-bond acceptors (Lipinski definition) is 6. The number of aromatic amines is 2. The van der Waals surface area contributed by atoms with Gasteiger partial charge in [-0.25, -0.2) is 13.4 Å². The first-order valence-electron chi connectivity index (χ1n) is 10.9. The second-order valence-electron chi connectivity index (χ2n) is 7.93. The normalized spacial score (nSPS) is 12.5. The summed E-state index contributed by atoms with van der Waals surface area (Å²) < 4.78 is 25.4. The number of nitrogens with one attached hydrogen (secondary N) is 2. The Labute approximate surface area is 198 Å². The molecular formula is C23H27ClN4O4S. The van der Waals surface area contributed by atoms with Crippen LogP contribution in [0.2, 0.25) is 5.02 Å². The number of nitrogens with zero attached hydrogens (tertiary/aromatic N) is 2. The summed E-state index contributed by atoms with van der Waals surface area (Å²) >= 11 is 5.86. The highest BCUT2D eigenvalue weighted by Gasteiger charge is 2.24. The fraction of sp³-hybridized carbons (Fsp3) is 0.391. The summed E-state index contributed by atoms with van der Waals surface area (Å²) in [6.07, 6.45) is 6.84. The van der Waals surface area contributed by atoms with Gasteiger partial charge < -0.3 is 4.98 Å². The first-order chi connectivity index (χ1) is 15.8. The molecule has 0 saturated carbocycles. The van der Waals surface area contributed by atoms with Gasteiger partial charge in [0.25, 0.3) is 5.78 Å². The first kappa shape index (κ1) is 24.9. The highest BCUT2D eigenvalue weighted by molar-refractivity contribution is 7.91. The molecule has 176 valence electrons. The third-order valence-corrected chi connectivity index (χ3v) is 7.64. The number of carbonyl (C=O) groups excluding carboxylic acids is 2. The number of halogens is 1. The molecule has 1 atom stereocenters. The lowest BCUT2D eigenvalue weighted by Gasteiger charge is -2.18. The van der Waals surface area contributed by atoms with Gasteiger partial charge in [-0.2, -0.15) is 5.10 Å². The van der Waals surface area contributed by atoms with Crippen LogP contribution in [-0.2, 0) is 21.1 Å². The minimum atomic E-state index is -3.41. The van der Waals surface area contributed by atoms with Crippen molar-refractivity contribution < 1.29 is 18.0 Å². The van der Waals surface area contributed by atoms with Gasteiger partial charge in [-0.15, -0.1) is 0 Å². The van der Waals surface area contributed by atoms with Gasteiger partial charge >= 0.3 is 0 Å². The predicted molar refractivity (Wildman–Crippen MR) is 125 cm³/mol. The van der Waals surface area contributed by atoms with Crippen molar-refractivity contribution >= 4 is 33.0 Å². The van der Waals surface area contributed by atoms with E-state index < -0.39 is 21.4 Å². The molecule has 0 fully saturated rings. The van der Waals surface area contributed by atoms with Crippen molar-refractivity contribution in [3.8, 4) is 0 Å². The Morgan fingerprint density at radius 3 is 2.48 bits per heavy atom. The average Bonchev–Trinajstić information content (AvgIpc) is 3.48. The van der Waals surface area contributed by atoms with Crippen LogP contribution >= 0.6 is 11.6 Å². The van der Waals surface area contributed by atoms with Gasteiger partial charge in [-0.3, -0.25) is 14.7 Å². The van der Waals surface area contributed by atoms with Crippen LogP contribution in [0.4, 0.5) is 0 Å². The number of ketones is 2. The van der Waals surface area contributed by atoms with E-state index in [0.717, 1.165) is 24.8 Å². The number of H-pyrrole nitrogens is 2. The Balaban J connectivity index is 1.68. The molecular weight excluding hydrogens is 464 g/mol. The van der Waals surface area contributed by atoms with E-state index in [0.29, 0.717) is 23.6 Å². The van der Waals surface area contributed by atoms with Crippen LogP contribution in [0.25, 0.3) is 0 Å². The SMILES string of the molecule is CCCCC(CCCS(=O)(=O)c1ccc(Cl)cc1)c1cc[nH]c1CC(=O)C(=O)c1ncn[nH]1. The summed E-state index contributed by atoms with van der Waals surface area (Å²) in [5.74, 6) is -1.27. The molecule has 3 aromatic rings. The number of aromatic nitrogens is 4. The van der Waals surface area contributed by atoms with Gasteiger partial charge in [0.1, 0.15) is 6.33 Å². The number of rotatable bonds is 13. The van der Waals surface area contributed by atoms with E-state index >= 15 is 0 Å². The highest BCUT2D eigenvalue weighted by Crippen LogP contribution is 2.30. The molecule has 3 rings (SSSR count). The van der Waals surface area contributed by atoms with E-state index in [9.17, 15) is 18.0 Å². The molecule has 0 aliphatic carbocycles. The quantitative estimate of drug-likeness (QED) is 0.271. The summed E-state index contributed by atoms with van der Waals surface area (Å²) in [5.41, 5.74) is 1.63. The van der Waals surface area contributed by atoms with Gasteiger partial charge in [-0.05, 0) is 61.1 Å². The van der Waals surface area contributed by atoms with Gasteiger partial charge in [0.05, 0.1) is 17.1 Å². The van der Waals surface area contributed by atoms with Crippen LogP contribution in [0.5, 0.6) is 0 Å². The van der Waals surface area contributed by atoms with Crippen molar-refractivity contribution in [1.82, 2.24) is 20.2 Å².